The Morgan fingerprint density at radius 1 is 1.18 bits per heavy atom. The standard InChI is InChI=1S/C14H19F2N/c1-2-11-4-3-5-12(10-11)13(17)6-8-14(15,16)9-7-13/h3-5,10H,2,6-9,17H2,1H3. The van der Waals surface area contributed by atoms with Crippen LogP contribution in [0.3, 0.4) is 0 Å². The fourth-order valence-corrected chi connectivity index (χ4v) is 2.45. The Kier molecular flexibility index (Phi) is 3.21. The highest BCUT2D eigenvalue weighted by molar-refractivity contribution is 5.30. The van der Waals surface area contributed by atoms with Gasteiger partial charge in [0.05, 0.1) is 0 Å². The minimum atomic E-state index is -2.52. The van der Waals surface area contributed by atoms with Crippen molar-refractivity contribution >= 4 is 0 Å². The summed E-state index contributed by atoms with van der Waals surface area (Å²) in [5.74, 6) is -2.52. The van der Waals surface area contributed by atoms with Crippen molar-refractivity contribution in [1.29, 1.82) is 0 Å². The minimum Gasteiger partial charge on any atom is -0.321 e. The van der Waals surface area contributed by atoms with Crippen LogP contribution in [0.5, 0.6) is 0 Å². The van der Waals surface area contributed by atoms with Gasteiger partial charge in [-0.2, -0.15) is 0 Å². The van der Waals surface area contributed by atoms with Gasteiger partial charge in [0.15, 0.2) is 0 Å². The third-order valence-corrected chi connectivity index (χ3v) is 3.78. The van der Waals surface area contributed by atoms with Crippen LogP contribution in [-0.2, 0) is 12.0 Å². The number of benzene rings is 1. The molecule has 2 N–H and O–H groups in total. The van der Waals surface area contributed by atoms with Crippen LogP contribution in [0.1, 0.15) is 43.7 Å². The van der Waals surface area contributed by atoms with E-state index in [4.69, 9.17) is 5.73 Å². The Hall–Kier alpha value is -0.960. The molecule has 1 nitrogen and oxygen atoms in total. The first-order valence-electron chi connectivity index (χ1n) is 6.21. The van der Waals surface area contributed by atoms with Crippen LogP contribution in [0.2, 0.25) is 0 Å². The summed E-state index contributed by atoms with van der Waals surface area (Å²) in [7, 11) is 0. The van der Waals surface area contributed by atoms with Crippen molar-refractivity contribution in [3.05, 3.63) is 35.4 Å². The molecular weight excluding hydrogens is 220 g/mol. The maximum Gasteiger partial charge on any atom is 0.248 e. The van der Waals surface area contributed by atoms with Crippen molar-refractivity contribution in [3.8, 4) is 0 Å². The van der Waals surface area contributed by atoms with Crippen LogP contribution < -0.4 is 5.73 Å². The molecule has 0 unspecified atom stereocenters. The summed E-state index contributed by atoms with van der Waals surface area (Å²) in [5.41, 5.74) is 7.95. The molecule has 3 heteroatoms. The molecule has 0 heterocycles. The van der Waals surface area contributed by atoms with Gasteiger partial charge in [-0.1, -0.05) is 31.2 Å². The molecule has 0 amide bonds. The lowest BCUT2D eigenvalue weighted by Crippen LogP contribution is -2.43. The van der Waals surface area contributed by atoms with E-state index >= 15 is 0 Å². The van der Waals surface area contributed by atoms with E-state index in [0.29, 0.717) is 12.8 Å². The molecule has 1 fully saturated rings. The molecule has 0 atom stereocenters. The van der Waals surface area contributed by atoms with E-state index in [1.165, 1.54) is 5.56 Å². The summed E-state index contributed by atoms with van der Waals surface area (Å²) >= 11 is 0. The largest absolute Gasteiger partial charge is 0.321 e. The first-order valence-corrected chi connectivity index (χ1v) is 6.21. The van der Waals surface area contributed by atoms with Gasteiger partial charge < -0.3 is 5.73 Å². The van der Waals surface area contributed by atoms with Crippen molar-refractivity contribution in [2.45, 2.75) is 50.5 Å². The number of halogens is 2. The molecule has 0 spiro atoms. The van der Waals surface area contributed by atoms with Gasteiger partial charge >= 0.3 is 0 Å². The Bertz CT molecular complexity index is 391. The smallest absolute Gasteiger partial charge is 0.248 e. The highest BCUT2D eigenvalue weighted by Crippen LogP contribution is 2.42. The molecule has 1 saturated carbocycles. The average molecular weight is 239 g/mol. The Labute approximate surface area is 101 Å². The zero-order chi connectivity index (χ0) is 12.5. The monoisotopic (exact) mass is 239 g/mol. The summed E-state index contributed by atoms with van der Waals surface area (Å²) in [6.45, 7) is 2.08. The lowest BCUT2D eigenvalue weighted by Gasteiger charge is -2.37. The molecule has 0 radical (unpaired) electrons. The van der Waals surface area contributed by atoms with Crippen molar-refractivity contribution < 1.29 is 8.78 Å². The fourth-order valence-electron chi connectivity index (χ4n) is 2.45. The SMILES string of the molecule is CCc1cccc(C2(N)CCC(F)(F)CC2)c1. The predicted molar refractivity (Wildman–Crippen MR) is 65.1 cm³/mol. The molecule has 0 aliphatic heterocycles. The fraction of sp³-hybridized carbons (Fsp3) is 0.571. The number of aryl methyl sites for hydroxylation is 1. The van der Waals surface area contributed by atoms with E-state index in [2.05, 4.69) is 13.0 Å². The number of hydrogen-bond acceptors (Lipinski definition) is 1. The summed E-state index contributed by atoms with van der Waals surface area (Å²) in [5, 5.41) is 0. The van der Waals surface area contributed by atoms with Gasteiger partial charge in [0.1, 0.15) is 0 Å². The van der Waals surface area contributed by atoms with Gasteiger partial charge in [-0.05, 0) is 30.4 Å². The molecule has 1 aliphatic carbocycles. The summed E-state index contributed by atoms with van der Waals surface area (Å²) in [4.78, 5) is 0. The Balaban J connectivity index is 2.21. The molecule has 2 rings (SSSR count). The molecule has 0 saturated heterocycles. The number of rotatable bonds is 2. The van der Waals surface area contributed by atoms with E-state index in [1.54, 1.807) is 0 Å². The van der Waals surface area contributed by atoms with E-state index in [9.17, 15) is 8.78 Å². The van der Waals surface area contributed by atoms with Gasteiger partial charge in [0, 0.05) is 18.4 Å². The Morgan fingerprint density at radius 2 is 1.82 bits per heavy atom. The zero-order valence-corrected chi connectivity index (χ0v) is 10.2. The van der Waals surface area contributed by atoms with Gasteiger partial charge in [-0.3, -0.25) is 0 Å². The maximum atomic E-state index is 13.2. The molecule has 0 aromatic heterocycles. The molecular formula is C14H19F2N. The lowest BCUT2D eigenvalue weighted by molar-refractivity contribution is -0.0514. The molecule has 94 valence electrons. The van der Waals surface area contributed by atoms with Crippen molar-refractivity contribution in [2.24, 2.45) is 5.73 Å². The van der Waals surface area contributed by atoms with Crippen LogP contribution >= 0.6 is 0 Å². The molecule has 1 aromatic rings. The average Bonchev–Trinajstić information content (AvgIpc) is 2.33. The number of hydrogen-bond donors (Lipinski definition) is 1. The van der Waals surface area contributed by atoms with Crippen molar-refractivity contribution in [1.82, 2.24) is 0 Å². The molecule has 1 aliphatic rings. The third-order valence-electron chi connectivity index (χ3n) is 3.78. The van der Waals surface area contributed by atoms with Crippen LogP contribution in [-0.4, -0.2) is 5.92 Å². The normalized spacial score (nSPS) is 22.4. The summed E-state index contributed by atoms with van der Waals surface area (Å²) in [6.07, 6.45) is 1.49. The van der Waals surface area contributed by atoms with Gasteiger partial charge in [0.2, 0.25) is 5.92 Å². The van der Waals surface area contributed by atoms with Gasteiger partial charge in [-0.25, -0.2) is 8.78 Å². The van der Waals surface area contributed by atoms with Crippen LogP contribution in [0, 0.1) is 0 Å². The quantitative estimate of drug-likeness (QED) is 0.838. The zero-order valence-electron chi connectivity index (χ0n) is 10.2. The highest BCUT2D eigenvalue weighted by atomic mass is 19.3. The second kappa shape index (κ2) is 4.37. The van der Waals surface area contributed by atoms with Crippen LogP contribution in [0.15, 0.2) is 24.3 Å². The summed E-state index contributed by atoms with van der Waals surface area (Å²) < 4.78 is 26.3. The predicted octanol–water partition coefficient (Wildman–Crippen LogP) is 3.61. The van der Waals surface area contributed by atoms with E-state index in [-0.39, 0.29) is 12.8 Å². The maximum absolute atomic E-state index is 13.2. The highest BCUT2D eigenvalue weighted by Gasteiger charge is 2.41. The van der Waals surface area contributed by atoms with Crippen molar-refractivity contribution in [2.75, 3.05) is 0 Å². The molecule has 0 bridgehead atoms. The van der Waals surface area contributed by atoms with E-state index < -0.39 is 11.5 Å². The lowest BCUT2D eigenvalue weighted by atomic mass is 9.75. The van der Waals surface area contributed by atoms with Gasteiger partial charge in [-0.15, -0.1) is 0 Å². The van der Waals surface area contributed by atoms with Gasteiger partial charge in [0.25, 0.3) is 0 Å². The first-order chi connectivity index (χ1) is 7.95. The molecule has 1 aromatic carbocycles. The van der Waals surface area contributed by atoms with E-state index in [1.807, 2.05) is 18.2 Å². The van der Waals surface area contributed by atoms with Crippen molar-refractivity contribution in [3.63, 3.8) is 0 Å². The van der Waals surface area contributed by atoms with Crippen LogP contribution in [0.4, 0.5) is 8.78 Å². The summed E-state index contributed by atoms with van der Waals surface area (Å²) in [6, 6.07) is 8.03. The third kappa shape index (κ3) is 2.65. The Morgan fingerprint density at radius 3 is 2.41 bits per heavy atom. The second-order valence-corrected chi connectivity index (χ2v) is 5.07. The first kappa shape index (κ1) is 12.5. The van der Waals surface area contributed by atoms with Crippen LogP contribution in [0.25, 0.3) is 0 Å². The minimum absolute atomic E-state index is 0.0974. The number of alkyl halides is 2. The molecule has 17 heavy (non-hydrogen) atoms. The number of nitrogens with two attached hydrogens (primary N) is 1. The topological polar surface area (TPSA) is 26.0 Å². The van der Waals surface area contributed by atoms with E-state index in [0.717, 1.165) is 12.0 Å². The second-order valence-electron chi connectivity index (χ2n) is 5.07.